The van der Waals surface area contributed by atoms with E-state index in [1.807, 2.05) is 11.8 Å². The molecule has 3 aromatic heterocycles. The number of hydrogen-bond donors (Lipinski definition) is 1. The van der Waals surface area contributed by atoms with E-state index < -0.39 is 0 Å². The summed E-state index contributed by atoms with van der Waals surface area (Å²) >= 11 is 6.11. The van der Waals surface area contributed by atoms with E-state index in [-0.39, 0.29) is 12.5 Å². The van der Waals surface area contributed by atoms with Gasteiger partial charge in [-0.3, -0.25) is 9.78 Å². The number of aliphatic hydroxyl groups excluding tert-OH is 1. The van der Waals surface area contributed by atoms with Gasteiger partial charge in [-0.05, 0) is 37.3 Å². The number of halogens is 1. The summed E-state index contributed by atoms with van der Waals surface area (Å²) in [7, 11) is 1.70. The van der Waals surface area contributed by atoms with Gasteiger partial charge in [0, 0.05) is 37.1 Å². The molecular formula is C22H18ClN5O2. The number of anilines is 3. The van der Waals surface area contributed by atoms with E-state index in [0.717, 1.165) is 0 Å². The quantitative estimate of drug-likeness (QED) is 0.507. The normalized spacial score (nSPS) is 12.6. The summed E-state index contributed by atoms with van der Waals surface area (Å²) in [6.45, 7) is 2.37. The van der Waals surface area contributed by atoms with Gasteiger partial charge in [-0.2, -0.15) is 0 Å². The topological polar surface area (TPSA) is 82.4 Å². The molecule has 0 bridgehead atoms. The summed E-state index contributed by atoms with van der Waals surface area (Å²) in [5.41, 5.74) is 2.96. The van der Waals surface area contributed by atoms with Gasteiger partial charge in [-0.15, -0.1) is 0 Å². The largest absolute Gasteiger partial charge is 0.390 e. The van der Waals surface area contributed by atoms with Crippen LogP contribution in [0.1, 0.15) is 34.1 Å². The van der Waals surface area contributed by atoms with Crippen molar-refractivity contribution in [2.75, 3.05) is 23.4 Å². The Bertz CT molecular complexity index is 1200. The highest BCUT2D eigenvalue weighted by Crippen LogP contribution is 2.38. The van der Waals surface area contributed by atoms with Crippen molar-refractivity contribution in [1.82, 2.24) is 15.0 Å². The number of carbonyl (C=O) groups is 1. The second kappa shape index (κ2) is 8.11. The SMILES string of the molecule is CCN1c2ncc(C#Cc3ccnc(CO)c3)cc2C(=O)N(C)c2ccc(Cl)nc21. The third-order valence-corrected chi connectivity index (χ3v) is 4.95. The molecule has 0 aliphatic carbocycles. The first kappa shape index (κ1) is 19.8. The van der Waals surface area contributed by atoms with Crippen LogP contribution in [-0.4, -0.2) is 39.6 Å². The van der Waals surface area contributed by atoms with Crippen molar-refractivity contribution < 1.29 is 9.90 Å². The first-order valence-electron chi connectivity index (χ1n) is 9.31. The molecule has 0 aromatic carbocycles. The van der Waals surface area contributed by atoms with Gasteiger partial charge in [0.1, 0.15) is 11.0 Å². The molecule has 1 amide bonds. The van der Waals surface area contributed by atoms with Crippen LogP contribution in [0.4, 0.5) is 17.3 Å². The number of hydrogen-bond acceptors (Lipinski definition) is 6. The van der Waals surface area contributed by atoms with Gasteiger partial charge in [0.25, 0.3) is 5.91 Å². The second-order valence-corrected chi connectivity index (χ2v) is 7.01. The molecule has 1 N–H and O–H groups in total. The predicted octanol–water partition coefficient (Wildman–Crippen LogP) is 3.17. The van der Waals surface area contributed by atoms with Crippen LogP contribution in [0.15, 0.2) is 42.7 Å². The third kappa shape index (κ3) is 3.59. The first-order valence-corrected chi connectivity index (χ1v) is 9.69. The van der Waals surface area contributed by atoms with Crippen LogP contribution in [0.5, 0.6) is 0 Å². The van der Waals surface area contributed by atoms with Crippen LogP contribution in [0.2, 0.25) is 5.15 Å². The number of pyridine rings is 3. The van der Waals surface area contributed by atoms with Crippen LogP contribution < -0.4 is 9.80 Å². The molecule has 8 heteroatoms. The van der Waals surface area contributed by atoms with Gasteiger partial charge in [0.15, 0.2) is 5.82 Å². The molecule has 0 radical (unpaired) electrons. The highest BCUT2D eigenvalue weighted by molar-refractivity contribution is 6.29. The van der Waals surface area contributed by atoms with Gasteiger partial charge in [0.2, 0.25) is 0 Å². The number of aromatic nitrogens is 3. The average molecular weight is 420 g/mol. The number of rotatable bonds is 2. The Morgan fingerprint density at radius 1 is 1.10 bits per heavy atom. The Labute approximate surface area is 179 Å². The fourth-order valence-corrected chi connectivity index (χ4v) is 3.40. The zero-order valence-corrected chi connectivity index (χ0v) is 17.2. The molecule has 4 heterocycles. The van der Waals surface area contributed by atoms with Crippen LogP contribution in [0.25, 0.3) is 0 Å². The van der Waals surface area contributed by atoms with Gasteiger partial charge in [-0.25, -0.2) is 9.97 Å². The van der Waals surface area contributed by atoms with E-state index in [0.29, 0.717) is 51.4 Å². The lowest BCUT2D eigenvalue weighted by molar-refractivity contribution is 0.0994. The molecule has 3 aromatic rings. The summed E-state index contributed by atoms with van der Waals surface area (Å²) in [5, 5.41) is 9.57. The highest BCUT2D eigenvalue weighted by atomic mass is 35.5. The number of aliphatic hydroxyl groups is 1. The number of carbonyl (C=O) groups excluding carboxylic acids is 1. The minimum atomic E-state index is -0.200. The molecule has 4 rings (SSSR count). The molecule has 0 saturated heterocycles. The molecular weight excluding hydrogens is 402 g/mol. The smallest absolute Gasteiger partial charge is 0.261 e. The molecule has 0 atom stereocenters. The number of amides is 1. The maximum Gasteiger partial charge on any atom is 0.261 e. The molecule has 7 nitrogen and oxygen atoms in total. The van der Waals surface area contributed by atoms with Gasteiger partial charge < -0.3 is 14.9 Å². The average Bonchev–Trinajstić information content (AvgIpc) is 2.85. The maximum atomic E-state index is 13.2. The molecule has 0 spiro atoms. The van der Waals surface area contributed by atoms with Crippen LogP contribution in [0.3, 0.4) is 0 Å². The fourth-order valence-electron chi connectivity index (χ4n) is 3.25. The van der Waals surface area contributed by atoms with Crippen molar-refractivity contribution in [2.45, 2.75) is 13.5 Å². The molecule has 0 fully saturated rings. The first-order chi connectivity index (χ1) is 14.5. The van der Waals surface area contributed by atoms with E-state index >= 15 is 0 Å². The zero-order chi connectivity index (χ0) is 21.3. The van der Waals surface area contributed by atoms with Crippen LogP contribution >= 0.6 is 11.6 Å². The Balaban J connectivity index is 1.79. The standard InChI is InChI=1S/C22H18ClN5O2/c1-3-28-20-17(22(30)27(2)18-6-7-19(23)26-21(18)28)11-15(12-25-20)5-4-14-8-9-24-16(10-14)13-29/h6-12,29H,3,13H2,1-2H3. The van der Waals surface area contributed by atoms with Crippen LogP contribution in [-0.2, 0) is 6.61 Å². The van der Waals surface area contributed by atoms with E-state index in [9.17, 15) is 9.90 Å². The van der Waals surface area contributed by atoms with Gasteiger partial charge in [-0.1, -0.05) is 23.4 Å². The van der Waals surface area contributed by atoms with Crippen molar-refractivity contribution >= 4 is 34.8 Å². The van der Waals surface area contributed by atoms with Crippen molar-refractivity contribution in [3.8, 4) is 11.8 Å². The highest BCUT2D eigenvalue weighted by Gasteiger charge is 2.30. The lowest BCUT2D eigenvalue weighted by Gasteiger charge is -2.22. The Kier molecular flexibility index (Phi) is 5.36. The third-order valence-electron chi connectivity index (χ3n) is 4.74. The van der Waals surface area contributed by atoms with Gasteiger partial charge in [0.05, 0.1) is 23.6 Å². The fraction of sp³-hybridized carbons (Fsp3) is 0.182. The Morgan fingerprint density at radius 2 is 1.90 bits per heavy atom. The van der Waals surface area contributed by atoms with Crippen molar-refractivity contribution in [1.29, 1.82) is 0 Å². The summed E-state index contributed by atoms with van der Waals surface area (Å²) in [6, 6.07) is 8.65. The van der Waals surface area contributed by atoms with E-state index in [1.54, 1.807) is 54.7 Å². The van der Waals surface area contributed by atoms with Crippen LogP contribution in [0, 0.1) is 11.8 Å². The zero-order valence-electron chi connectivity index (χ0n) is 16.4. The summed E-state index contributed by atoms with van der Waals surface area (Å²) in [5.74, 6) is 6.95. The number of fused-ring (bicyclic) bond motifs is 2. The molecule has 30 heavy (non-hydrogen) atoms. The second-order valence-electron chi connectivity index (χ2n) is 6.62. The van der Waals surface area contributed by atoms with Crippen molar-refractivity contribution in [2.24, 2.45) is 0 Å². The summed E-state index contributed by atoms with van der Waals surface area (Å²) in [4.78, 5) is 29.6. The van der Waals surface area contributed by atoms with Gasteiger partial charge >= 0.3 is 0 Å². The van der Waals surface area contributed by atoms with Crippen molar-refractivity contribution in [3.63, 3.8) is 0 Å². The molecule has 1 aliphatic rings. The van der Waals surface area contributed by atoms with E-state index in [2.05, 4.69) is 26.8 Å². The molecule has 0 saturated carbocycles. The Hall–Kier alpha value is -3.47. The van der Waals surface area contributed by atoms with Crippen molar-refractivity contribution in [3.05, 3.63) is 70.3 Å². The van der Waals surface area contributed by atoms with E-state index in [1.165, 1.54) is 0 Å². The molecule has 1 aliphatic heterocycles. The Morgan fingerprint density at radius 3 is 2.67 bits per heavy atom. The maximum absolute atomic E-state index is 13.2. The predicted molar refractivity (Wildman–Crippen MR) is 115 cm³/mol. The summed E-state index contributed by atoms with van der Waals surface area (Å²) in [6.07, 6.45) is 3.23. The minimum Gasteiger partial charge on any atom is -0.390 e. The lowest BCUT2D eigenvalue weighted by Crippen LogP contribution is -2.25. The number of nitrogens with zero attached hydrogens (tertiary/aromatic N) is 5. The monoisotopic (exact) mass is 419 g/mol. The summed E-state index contributed by atoms with van der Waals surface area (Å²) < 4.78 is 0. The molecule has 0 unspecified atom stereocenters. The van der Waals surface area contributed by atoms with E-state index in [4.69, 9.17) is 11.6 Å². The molecule has 150 valence electrons. The minimum absolute atomic E-state index is 0.151. The lowest BCUT2D eigenvalue weighted by atomic mass is 10.1.